The van der Waals surface area contributed by atoms with Crippen molar-refractivity contribution in [2.75, 3.05) is 11.9 Å². The molecule has 0 aliphatic rings. The highest BCUT2D eigenvalue weighted by Gasteiger charge is 2.17. The van der Waals surface area contributed by atoms with Crippen LogP contribution in [0.4, 0.5) is 10.1 Å². The van der Waals surface area contributed by atoms with Crippen LogP contribution in [0.15, 0.2) is 18.2 Å². The Hall–Kier alpha value is -2.35. The van der Waals surface area contributed by atoms with Crippen LogP contribution in [-0.4, -0.2) is 28.1 Å². The summed E-state index contributed by atoms with van der Waals surface area (Å²) in [5.74, 6) is -1.61. The topological polar surface area (TPSA) is 81.2 Å². The van der Waals surface area contributed by atoms with E-state index in [2.05, 4.69) is 14.9 Å². The number of carbonyl (C=O) groups excluding carboxylic acids is 2. The van der Waals surface area contributed by atoms with Crippen LogP contribution < -0.4 is 5.32 Å². The number of nitrogens with one attached hydrogen (secondary N) is 1. The molecule has 22 heavy (non-hydrogen) atoms. The number of hydrogen-bond donors (Lipinski definition) is 1. The molecule has 1 heterocycles. The fourth-order valence-electron chi connectivity index (χ4n) is 1.66. The third kappa shape index (κ3) is 3.85. The summed E-state index contributed by atoms with van der Waals surface area (Å²) in [6.07, 6.45) is 0.551. The van der Waals surface area contributed by atoms with Crippen LogP contribution in [0.1, 0.15) is 27.9 Å². The van der Waals surface area contributed by atoms with Gasteiger partial charge in [0.05, 0.1) is 5.69 Å². The van der Waals surface area contributed by atoms with Crippen LogP contribution in [0.5, 0.6) is 0 Å². The van der Waals surface area contributed by atoms with Gasteiger partial charge >= 0.3 is 5.97 Å². The molecule has 0 radical (unpaired) electrons. The lowest BCUT2D eigenvalue weighted by molar-refractivity contribution is -0.119. The average Bonchev–Trinajstić information content (AvgIpc) is 2.97. The van der Waals surface area contributed by atoms with E-state index >= 15 is 0 Å². The van der Waals surface area contributed by atoms with Crippen molar-refractivity contribution in [3.63, 3.8) is 0 Å². The van der Waals surface area contributed by atoms with Crippen molar-refractivity contribution in [1.29, 1.82) is 0 Å². The predicted molar refractivity (Wildman–Crippen MR) is 79.3 cm³/mol. The molecule has 0 spiro atoms. The number of hydrogen-bond acceptors (Lipinski definition) is 6. The van der Waals surface area contributed by atoms with Gasteiger partial charge in [0.15, 0.2) is 11.5 Å². The lowest BCUT2D eigenvalue weighted by atomic mass is 10.2. The van der Waals surface area contributed by atoms with Crippen LogP contribution in [0.3, 0.4) is 0 Å². The number of rotatable bonds is 5. The van der Waals surface area contributed by atoms with E-state index in [1.807, 2.05) is 6.92 Å². The molecule has 0 aliphatic heterocycles. The van der Waals surface area contributed by atoms with Gasteiger partial charge in [-0.3, -0.25) is 4.79 Å². The van der Waals surface area contributed by atoms with Crippen molar-refractivity contribution in [3.8, 4) is 0 Å². The molecule has 0 atom stereocenters. The van der Waals surface area contributed by atoms with Gasteiger partial charge in [0.1, 0.15) is 5.82 Å². The molecule has 1 amide bonds. The second-order valence-corrected chi connectivity index (χ2v) is 5.24. The third-order valence-corrected chi connectivity index (χ3v) is 3.61. The van der Waals surface area contributed by atoms with Gasteiger partial charge in [-0.15, -0.1) is 5.10 Å². The van der Waals surface area contributed by atoms with Gasteiger partial charge in [-0.2, -0.15) is 0 Å². The van der Waals surface area contributed by atoms with Gasteiger partial charge in [0, 0.05) is 5.69 Å². The first-order valence-electron chi connectivity index (χ1n) is 6.55. The molecule has 0 bridgehead atoms. The van der Waals surface area contributed by atoms with Crippen LogP contribution in [-0.2, 0) is 16.0 Å². The maximum Gasteiger partial charge on any atom is 0.352 e. The molecule has 0 saturated carbocycles. The summed E-state index contributed by atoms with van der Waals surface area (Å²) in [5, 5.41) is 6.25. The Bertz CT molecular complexity index is 702. The van der Waals surface area contributed by atoms with Gasteiger partial charge < -0.3 is 10.1 Å². The molecule has 2 aromatic rings. The summed E-state index contributed by atoms with van der Waals surface area (Å²) in [6, 6.07) is 4.32. The van der Waals surface area contributed by atoms with Gasteiger partial charge in [0.25, 0.3) is 5.91 Å². The molecule has 0 saturated heterocycles. The number of amides is 1. The summed E-state index contributed by atoms with van der Waals surface area (Å²) >= 11 is 0.924. The number of nitrogens with zero attached hydrogens (tertiary/aromatic N) is 2. The second kappa shape index (κ2) is 7.08. The van der Waals surface area contributed by atoms with Gasteiger partial charge in [-0.25, -0.2) is 9.18 Å². The Labute approximate surface area is 130 Å². The normalized spacial score (nSPS) is 10.3. The van der Waals surface area contributed by atoms with Crippen LogP contribution in [0.25, 0.3) is 0 Å². The SMILES string of the molecule is CCc1nnsc1C(=O)OCC(=O)Nc1ccc(C)c(F)c1. The third-order valence-electron chi connectivity index (χ3n) is 2.87. The van der Waals surface area contributed by atoms with E-state index < -0.39 is 24.3 Å². The highest BCUT2D eigenvalue weighted by atomic mass is 32.1. The lowest BCUT2D eigenvalue weighted by Gasteiger charge is -2.07. The van der Waals surface area contributed by atoms with E-state index in [1.54, 1.807) is 19.1 Å². The number of aromatic nitrogens is 2. The Morgan fingerprint density at radius 2 is 2.18 bits per heavy atom. The molecular weight excluding hydrogens is 309 g/mol. The summed E-state index contributed by atoms with van der Waals surface area (Å²) in [4.78, 5) is 23.8. The first-order chi connectivity index (χ1) is 10.5. The summed E-state index contributed by atoms with van der Waals surface area (Å²) in [6.45, 7) is 3.00. The number of anilines is 1. The molecule has 2 rings (SSSR count). The smallest absolute Gasteiger partial charge is 0.352 e. The molecule has 1 aromatic carbocycles. The van der Waals surface area contributed by atoms with E-state index in [9.17, 15) is 14.0 Å². The first kappa shape index (κ1) is 16.0. The molecule has 1 aromatic heterocycles. The van der Waals surface area contributed by atoms with Crippen LogP contribution in [0.2, 0.25) is 0 Å². The van der Waals surface area contributed by atoms with E-state index in [0.717, 1.165) is 11.5 Å². The van der Waals surface area contributed by atoms with Gasteiger partial charge in [-0.1, -0.05) is 17.5 Å². The van der Waals surface area contributed by atoms with Gasteiger partial charge in [0.2, 0.25) is 0 Å². The zero-order valence-electron chi connectivity index (χ0n) is 12.1. The monoisotopic (exact) mass is 323 g/mol. The average molecular weight is 323 g/mol. The summed E-state index contributed by atoms with van der Waals surface area (Å²) in [5.41, 5.74) is 1.32. The number of carbonyl (C=O) groups is 2. The minimum absolute atomic E-state index is 0.289. The van der Waals surface area contributed by atoms with E-state index in [1.165, 1.54) is 6.07 Å². The van der Waals surface area contributed by atoms with E-state index in [-0.39, 0.29) is 4.88 Å². The molecule has 1 N–H and O–H groups in total. The lowest BCUT2D eigenvalue weighted by Crippen LogP contribution is -2.21. The number of esters is 1. The van der Waals surface area contributed by atoms with Crippen molar-refractivity contribution < 1.29 is 18.7 Å². The first-order valence-corrected chi connectivity index (χ1v) is 7.33. The highest BCUT2D eigenvalue weighted by Crippen LogP contribution is 2.14. The van der Waals surface area contributed by atoms with Crippen molar-refractivity contribution in [1.82, 2.24) is 9.59 Å². The molecule has 0 unspecified atom stereocenters. The molecule has 0 aliphatic carbocycles. The number of halogens is 1. The molecule has 116 valence electrons. The Balaban J connectivity index is 1.90. The van der Waals surface area contributed by atoms with Crippen LogP contribution in [0, 0.1) is 12.7 Å². The standard InChI is InChI=1S/C14H14FN3O3S/c1-3-11-13(22-18-17-11)14(20)21-7-12(19)16-9-5-4-8(2)10(15)6-9/h4-6H,3,7H2,1-2H3,(H,16,19). The van der Waals surface area contributed by atoms with Crippen LogP contribution >= 0.6 is 11.5 Å². The second-order valence-electron chi connectivity index (χ2n) is 4.49. The Morgan fingerprint density at radius 3 is 2.86 bits per heavy atom. The fourth-order valence-corrected chi connectivity index (χ4v) is 2.30. The van der Waals surface area contributed by atoms with E-state index in [4.69, 9.17) is 4.74 Å². The Kier molecular flexibility index (Phi) is 5.16. The fraction of sp³-hybridized carbons (Fsp3) is 0.286. The van der Waals surface area contributed by atoms with Crippen molar-refractivity contribution in [2.45, 2.75) is 20.3 Å². The van der Waals surface area contributed by atoms with Crippen molar-refractivity contribution >= 4 is 29.1 Å². The van der Waals surface area contributed by atoms with E-state index in [0.29, 0.717) is 23.4 Å². The summed E-state index contributed by atoms with van der Waals surface area (Å²) in [7, 11) is 0. The summed E-state index contributed by atoms with van der Waals surface area (Å²) < 4.78 is 21.9. The minimum Gasteiger partial charge on any atom is -0.451 e. The zero-order chi connectivity index (χ0) is 16.1. The zero-order valence-corrected chi connectivity index (χ0v) is 12.9. The van der Waals surface area contributed by atoms with Gasteiger partial charge in [-0.05, 0) is 42.6 Å². The highest BCUT2D eigenvalue weighted by molar-refractivity contribution is 7.07. The molecule has 0 fully saturated rings. The maximum absolute atomic E-state index is 13.4. The number of ether oxygens (including phenoxy) is 1. The molecule has 8 heteroatoms. The quantitative estimate of drug-likeness (QED) is 0.854. The maximum atomic E-state index is 13.4. The predicted octanol–water partition coefficient (Wildman–Crippen LogP) is 2.34. The van der Waals surface area contributed by atoms with Crippen molar-refractivity contribution in [3.05, 3.63) is 40.2 Å². The number of aryl methyl sites for hydroxylation is 2. The minimum atomic E-state index is -0.642. The Morgan fingerprint density at radius 1 is 1.41 bits per heavy atom. The largest absolute Gasteiger partial charge is 0.451 e. The van der Waals surface area contributed by atoms with Crippen molar-refractivity contribution in [2.24, 2.45) is 0 Å². The molecular formula is C14H14FN3O3S. The number of benzene rings is 1. The molecule has 6 nitrogen and oxygen atoms in total.